The van der Waals surface area contributed by atoms with Crippen molar-refractivity contribution in [1.82, 2.24) is 4.90 Å². The van der Waals surface area contributed by atoms with E-state index in [9.17, 15) is 4.79 Å². The molecule has 2 N–H and O–H groups in total. The molecule has 1 saturated heterocycles. The van der Waals surface area contributed by atoms with E-state index >= 15 is 0 Å². The molecule has 1 aliphatic rings. The fraction of sp³-hybridized carbons (Fsp3) is 0.857. The Bertz CT molecular complexity index is 145. The first kappa shape index (κ1) is 7.54. The average Bonchev–Trinajstić information content (AvgIpc) is 2.14. The van der Waals surface area contributed by atoms with Crippen molar-refractivity contribution in [3.05, 3.63) is 0 Å². The van der Waals surface area contributed by atoms with Gasteiger partial charge in [-0.15, -0.1) is 0 Å². The van der Waals surface area contributed by atoms with Crippen molar-refractivity contribution in [2.24, 2.45) is 5.73 Å². The van der Waals surface area contributed by atoms with E-state index in [1.54, 1.807) is 0 Å². The van der Waals surface area contributed by atoms with Crippen LogP contribution in [0, 0.1) is 0 Å². The monoisotopic (exact) mass is 142 g/mol. The number of nitrogens with zero attached hydrogens (tertiary/aromatic N) is 1. The third-order valence-corrected chi connectivity index (χ3v) is 1.90. The van der Waals surface area contributed by atoms with Gasteiger partial charge in [-0.1, -0.05) is 0 Å². The summed E-state index contributed by atoms with van der Waals surface area (Å²) in [4.78, 5) is 13.0. The minimum absolute atomic E-state index is 0.106. The first-order valence-electron chi connectivity index (χ1n) is 3.69. The summed E-state index contributed by atoms with van der Waals surface area (Å²) in [5, 5.41) is 0. The maximum Gasteiger partial charge on any atom is 0.239 e. The van der Waals surface area contributed by atoms with Crippen LogP contribution in [0.1, 0.15) is 20.3 Å². The fourth-order valence-electron chi connectivity index (χ4n) is 1.24. The number of hydrogen-bond donors (Lipinski definition) is 1. The van der Waals surface area contributed by atoms with Crippen molar-refractivity contribution < 1.29 is 4.79 Å². The molecule has 0 saturated carbocycles. The maximum atomic E-state index is 11.1. The van der Waals surface area contributed by atoms with E-state index in [-0.39, 0.29) is 11.9 Å². The Kier molecular flexibility index (Phi) is 1.94. The Morgan fingerprint density at radius 2 is 2.30 bits per heavy atom. The zero-order valence-corrected chi connectivity index (χ0v) is 6.50. The van der Waals surface area contributed by atoms with Gasteiger partial charge in [0.15, 0.2) is 0 Å². The summed E-state index contributed by atoms with van der Waals surface area (Å²) < 4.78 is 0. The van der Waals surface area contributed by atoms with Crippen LogP contribution >= 0.6 is 0 Å². The van der Waals surface area contributed by atoms with Crippen molar-refractivity contribution in [1.29, 1.82) is 0 Å². The van der Waals surface area contributed by atoms with Crippen molar-refractivity contribution >= 4 is 5.91 Å². The number of carbonyl (C=O) groups is 1. The molecule has 0 aromatic carbocycles. The molecule has 0 spiro atoms. The van der Waals surface area contributed by atoms with Gasteiger partial charge in [-0.25, -0.2) is 0 Å². The van der Waals surface area contributed by atoms with Crippen molar-refractivity contribution in [2.45, 2.75) is 32.4 Å². The van der Waals surface area contributed by atoms with Crippen LogP contribution in [0.25, 0.3) is 0 Å². The van der Waals surface area contributed by atoms with E-state index in [2.05, 4.69) is 0 Å². The molecule has 0 aliphatic carbocycles. The van der Waals surface area contributed by atoms with E-state index in [1.807, 2.05) is 18.7 Å². The van der Waals surface area contributed by atoms with Crippen LogP contribution in [0.2, 0.25) is 0 Å². The standard InChI is InChI=1S/C7H14N2O/c1-5(2)9-4-3-6(8)7(9)10/h5-6H,3-4,8H2,1-2H3/t6-/m0/s1. The molecular formula is C7H14N2O. The quantitative estimate of drug-likeness (QED) is 0.558. The van der Waals surface area contributed by atoms with Crippen LogP contribution < -0.4 is 5.73 Å². The third kappa shape index (κ3) is 1.14. The lowest BCUT2D eigenvalue weighted by Crippen LogP contribution is -2.37. The van der Waals surface area contributed by atoms with E-state index in [0.717, 1.165) is 13.0 Å². The topological polar surface area (TPSA) is 46.3 Å². The number of amides is 1. The van der Waals surface area contributed by atoms with E-state index in [1.165, 1.54) is 0 Å². The molecule has 1 heterocycles. The zero-order chi connectivity index (χ0) is 7.72. The van der Waals surface area contributed by atoms with Crippen LogP contribution in [0.4, 0.5) is 0 Å². The Morgan fingerprint density at radius 3 is 2.50 bits per heavy atom. The molecule has 1 aliphatic heterocycles. The third-order valence-electron chi connectivity index (χ3n) is 1.90. The van der Waals surface area contributed by atoms with Crippen molar-refractivity contribution in [3.63, 3.8) is 0 Å². The first-order valence-corrected chi connectivity index (χ1v) is 3.69. The summed E-state index contributed by atoms with van der Waals surface area (Å²) in [5.74, 6) is 0.106. The smallest absolute Gasteiger partial charge is 0.239 e. The second-order valence-corrected chi connectivity index (χ2v) is 3.02. The average molecular weight is 142 g/mol. The largest absolute Gasteiger partial charge is 0.339 e. The molecule has 10 heavy (non-hydrogen) atoms. The van der Waals surface area contributed by atoms with Crippen molar-refractivity contribution in [3.8, 4) is 0 Å². The first-order chi connectivity index (χ1) is 4.63. The lowest BCUT2D eigenvalue weighted by atomic mass is 10.3. The molecule has 3 nitrogen and oxygen atoms in total. The molecule has 1 fully saturated rings. The lowest BCUT2D eigenvalue weighted by molar-refractivity contribution is -0.130. The second kappa shape index (κ2) is 2.58. The van der Waals surface area contributed by atoms with Gasteiger partial charge in [-0.3, -0.25) is 4.79 Å². The molecule has 0 radical (unpaired) electrons. The molecule has 1 rings (SSSR count). The minimum atomic E-state index is -0.234. The van der Waals surface area contributed by atoms with Crippen LogP contribution in [0.3, 0.4) is 0 Å². The van der Waals surface area contributed by atoms with Gasteiger partial charge in [0.05, 0.1) is 6.04 Å². The highest BCUT2D eigenvalue weighted by molar-refractivity contribution is 5.83. The van der Waals surface area contributed by atoms with Gasteiger partial charge >= 0.3 is 0 Å². The molecule has 0 unspecified atom stereocenters. The molecular weight excluding hydrogens is 128 g/mol. The normalized spacial score (nSPS) is 26.6. The molecule has 1 amide bonds. The van der Waals surface area contributed by atoms with E-state index in [4.69, 9.17) is 5.73 Å². The highest BCUT2D eigenvalue weighted by Crippen LogP contribution is 2.11. The summed E-state index contributed by atoms with van der Waals surface area (Å²) in [5.41, 5.74) is 5.52. The predicted molar refractivity (Wildman–Crippen MR) is 39.4 cm³/mol. The number of rotatable bonds is 1. The zero-order valence-electron chi connectivity index (χ0n) is 6.50. The number of carbonyl (C=O) groups excluding carboxylic acids is 1. The maximum absolute atomic E-state index is 11.1. The van der Waals surface area contributed by atoms with Crippen molar-refractivity contribution in [2.75, 3.05) is 6.54 Å². The summed E-state index contributed by atoms with van der Waals surface area (Å²) in [6, 6.07) is 0.0726. The highest BCUT2D eigenvalue weighted by atomic mass is 16.2. The van der Waals surface area contributed by atoms with Crippen LogP contribution in [-0.2, 0) is 4.79 Å². The summed E-state index contributed by atoms with van der Waals surface area (Å²) >= 11 is 0. The number of likely N-dealkylation sites (tertiary alicyclic amines) is 1. The Balaban J connectivity index is 2.57. The van der Waals surface area contributed by atoms with Gasteiger partial charge in [0.2, 0.25) is 5.91 Å². The molecule has 0 bridgehead atoms. The Labute approximate surface area is 61.2 Å². The van der Waals surface area contributed by atoms with E-state index < -0.39 is 0 Å². The summed E-state index contributed by atoms with van der Waals surface area (Å²) in [7, 11) is 0. The van der Waals surface area contributed by atoms with E-state index in [0.29, 0.717) is 6.04 Å². The van der Waals surface area contributed by atoms with Crippen LogP contribution in [0.15, 0.2) is 0 Å². The fourth-order valence-corrected chi connectivity index (χ4v) is 1.24. The highest BCUT2D eigenvalue weighted by Gasteiger charge is 2.29. The van der Waals surface area contributed by atoms with Gasteiger partial charge in [0.1, 0.15) is 0 Å². The molecule has 0 aromatic heterocycles. The van der Waals surface area contributed by atoms with Crippen LogP contribution in [-0.4, -0.2) is 29.4 Å². The SMILES string of the molecule is CC(C)N1CC[C@H](N)C1=O. The van der Waals surface area contributed by atoms with Gasteiger partial charge < -0.3 is 10.6 Å². The Hall–Kier alpha value is -0.570. The molecule has 58 valence electrons. The summed E-state index contributed by atoms with van der Waals surface area (Å²) in [6.45, 7) is 4.85. The molecule has 0 aromatic rings. The van der Waals surface area contributed by atoms with Gasteiger partial charge in [0, 0.05) is 12.6 Å². The lowest BCUT2D eigenvalue weighted by Gasteiger charge is -2.19. The number of hydrogen-bond acceptors (Lipinski definition) is 2. The van der Waals surface area contributed by atoms with Crippen LogP contribution in [0.5, 0.6) is 0 Å². The van der Waals surface area contributed by atoms with Gasteiger partial charge in [-0.05, 0) is 20.3 Å². The summed E-state index contributed by atoms with van der Waals surface area (Å²) in [6.07, 6.45) is 0.816. The second-order valence-electron chi connectivity index (χ2n) is 3.02. The van der Waals surface area contributed by atoms with Gasteiger partial charge in [-0.2, -0.15) is 0 Å². The number of nitrogens with two attached hydrogens (primary N) is 1. The minimum Gasteiger partial charge on any atom is -0.339 e. The molecule has 1 atom stereocenters. The van der Waals surface area contributed by atoms with Gasteiger partial charge in [0.25, 0.3) is 0 Å². The molecule has 3 heteroatoms. The predicted octanol–water partition coefficient (Wildman–Crippen LogP) is -0.0456. The Morgan fingerprint density at radius 1 is 1.70 bits per heavy atom.